The third-order valence-corrected chi connectivity index (χ3v) is 4.07. The van der Waals surface area contributed by atoms with Crippen molar-refractivity contribution in [1.29, 1.82) is 0 Å². The third kappa shape index (κ3) is 5.00. The van der Waals surface area contributed by atoms with Crippen LogP contribution in [-0.2, 0) is 14.4 Å². The Morgan fingerprint density at radius 2 is 1.86 bits per heavy atom. The first-order valence-corrected chi connectivity index (χ1v) is 7.85. The number of aliphatic carboxylic acids is 1. The van der Waals surface area contributed by atoms with E-state index >= 15 is 0 Å². The second-order valence-corrected chi connectivity index (χ2v) is 7.41. The molecular formula is C16H28N2O4. The molecule has 0 aromatic heterocycles. The van der Waals surface area contributed by atoms with Crippen LogP contribution in [0.5, 0.6) is 0 Å². The number of rotatable bonds is 5. The van der Waals surface area contributed by atoms with Gasteiger partial charge in [0.15, 0.2) is 0 Å². The number of carbonyl (C=O) groups excluding carboxylic acids is 2. The fourth-order valence-electron chi connectivity index (χ4n) is 2.55. The van der Waals surface area contributed by atoms with Crippen molar-refractivity contribution in [3.05, 3.63) is 0 Å². The Morgan fingerprint density at radius 1 is 1.27 bits per heavy atom. The van der Waals surface area contributed by atoms with Crippen LogP contribution in [0.1, 0.15) is 53.9 Å². The molecule has 22 heavy (non-hydrogen) atoms. The van der Waals surface area contributed by atoms with Crippen molar-refractivity contribution >= 4 is 17.8 Å². The Hall–Kier alpha value is -1.59. The molecule has 1 rings (SSSR count). The van der Waals surface area contributed by atoms with E-state index in [0.717, 1.165) is 6.42 Å². The van der Waals surface area contributed by atoms with Gasteiger partial charge in [-0.3, -0.25) is 14.4 Å². The minimum absolute atomic E-state index is 0.0101. The molecule has 2 N–H and O–H groups in total. The molecule has 0 aromatic carbocycles. The summed E-state index contributed by atoms with van der Waals surface area (Å²) < 4.78 is 0. The lowest BCUT2D eigenvalue weighted by Gasteiger charge is -2.29. The van der Waals surface area contributed by atoms with Crippen molar-refractivity contribution in [2.45, 2.75) is 66.0 Å². The van der Waals surface area contributed by atoms with Crippen LogP contribution in [0.4, 0.5) is 0 Å². The highest BCUT2D eigenvalue weighted by molar-refractivity contribution is 5.89. The lowest BCUT2D eigenvalue weighted by atomic mass is 9.91. The van der Waals surface area contributed by atoms with Gasteiger partial charge in [-0.15, -0.1) is 0 Å². The largest absolute Gasteiger partial charge is 0.481 e. The summed E-state index contributed by atoms with van der Waals surface area (Å²) in [5.74, 6) is -1.87. The summed E-state index contributed by atoms with van der Waals surface area (Å²) in [4.78, 5) is 37.3. The van der Waals surface area contributed by atoms with Gasteiger partial charge in [-0.05, 0) is 32.1 Å². The van der Waals surface area contributed by atoms with Crippen molar-refractivity contribution in [1.82, 2.24) is 10.2 Å². The molecule has 1 fully saturated rings. The van der Waals surface area contributed by atoms with Crippen LogP contribution in [0, 0.1) is 11.3 Å². The van der Waals surface area contributed by atoms with Gasteiger partial charge in [0, 0.05) is 19.0 Å². The first kappa shape index (κ1) is 18.5. The first-order chi connectivity index (χ1) is 10.0. The van der Waals surface area contributed by atoms with Gasteiger partial charge in [0.25, 0.3) is 0 Å². The minimum Gasteiger partial charge on any atom is -0.481 e. The number of carbonyl (C=O) groups is 3. The summed E-state index contributed by atoms with van der Waals surface area (Å²) in [6.07, 6.45) is 1.84. The van der Waals surface area contributed by atoms with E-state index in [2.05, 4.69) is 5.32 Å². The van der Waals surface area contributed by atoms with Gasteiger partial charge < -0.3 is 15.3 Å². The van der Waals surface area contributed by atoms with E-state index in [-0.39, 0.29) is 17.2 Å². The third-order valence-electron chi connectivity index (χ3n) is 4.07. The average molecular weight is 312 g/mol. The van der Waals surface area contributed by atoms with Crippen molar-refractivity contribution in [3.8, 4) is 0 Å². The van der Waals surface area contributed by atoms with E-state index in [1.165, 1.54) is 0 Å². The molecule has 1 saturated heterocycles. The smallest absolute Gasteiger partial charge is 0.308 e. The standard InChI is InChI=1S/C16H28N2O4/c1-10(15(21)22)11(2)17-14(20)12-7-6-8-18(12)13(19)9-16(3,4)5/h10-12H,6-9H2,1-5H3,(H,17,20)(H,21,22). The zero-order chi connectivity index (χ0) is 17.1. The first-order valence-electron chi connectivity index (χ1n) is 7.85. The van der Waals surface area contributed by atoms with Gasteiger partial charge >= 0.3 is 5.97 Å². The highest BCUT2D eigenvalue weighted by Gasteiger charge is 2.36. The maximum atomic E-state index is 12.4. The maximum absolute atomic E-state index is 12.4. The number of carboxylic acids is 1. The molecule has 0 spiro atoms. The van der Waals surface area contributed by atoms with Crippen LogP contribution in [0.2, 0.25) is 0 Å². The predicted octanol–water partition coefficient (Wildman–Crippen LogP) is 1.64. The van der Waals surface area contributed by atoms with Gasteiger partial charge in [-0.2, -0.15) is 0 Å². The summed E-state index contributed by atoms with van der Waals surface area (Å²) in [5, 5.41) is 11.7. The number of nitrogens with one attached hydrogen (secondary N) is 1. The molecule has 0 radical (unpaired) electrons. The average Bonchev–Trinajstić information content (AvgIpc) is 2.84. The van der Waals surface area contributed by atoms with Crippen molar-refractivity contribution in [2.75, 3.05) is 6.54 Å². The Kier molecular flexibility index (Phi) is 5.97. The number of likely N-dealkylation sites (tertiary alicyclic amines) is 1. The summed E-state index contributed by atoms with van der Waals surface area (Å²) in [6.45, 7) is 9.80. The summed E-state index contributed by atoms with van der Waals surface area (Å²) in [6, 6.07) is -0.941. The van der Waals surface area contributed by atoms with Crippen molar-refractivity contribution in [2.24, 2.45) is 11.3 Å². The monoisotopic (exact) mass is 312 g/mol. The van der Waals surface area contributed by atoms with E-state index in [1.807, 2.05) is 20.8 Å². The molecule has 0 bridgehead atoms. The SMILES string of the molecule is CC(NC(=O)C1CCCN1C(=O)CC(C)(C)C)C(C)C(=O)O. The highest BCUT2D eigenvalue weighted by atomic mass is 16.4. The number of nitrogens with zero attached hydrogens (tertiary/aromatic N) is 1. The maximum Gasteiger partial charge on any atom is 0.308 e. The summed E-state index contributed by atoms with van der Waals surface area (Å²) in [7, 11) is 0. The normalized spacial score (nSPS) is 21.3. The lowest BCUT2D eigenvalue weighted by molar-refractivity contribution is -0.143. The Morgan fingerprint density at radius 3 is 2.36 bits per heavy atom. The summed E-state index contributed by atoms with van der Waals surface area (Å²) >= 11 is 0. The Balaban J connectivity index is 2.68. The molecule has 1 aliphatic heterocycles. The molecular weight excluding hydrogens is 284 g/mol. The molecule has 6 heteroatoms. The number of amides is 2. The zero-order valence-electron chi connectivity index (χ0n) is 14.2. The predicted molar refractivity (Wildman–Crippen MR) is 83.2 cm³/mol. The highest BCUT2D eigenvalue weighted by Crippen LogP contribution is 2.25. The fraction of sp³-hybridized carbons (Fsp3) is 0.812. The lowest BCUT2D eigenvalue weighted by Crippen LogP contribution is -2.50. The quantitative estimate of drug-likeness (QED) is 0.808. The molecule has 1 aliphatic rings. The van der Waals surface area contributed by atoms with E-state index in [0.29, 0.717) is 19.4 Å². The van der Waals surface area contributed by atoms with E-state index < -0.39 is 24.0 Å². The van der Waals surface area contributed by atoms with Crippen LogP contribution < -0.4 is 5.32 Å². The number of hydrogen-bond donors (Lipinski definition) is 2. The van der Waals surface area contributed by atoms with Crippen LogP contribution in [0.15, 0.2) is 0 Å². The molecule has 126 valence electrons. The van der Waals surface area contributed by atoms with E-state index in [1.54, 1.807) is 18.7 Å². The molecule has 6 nitrogen and oxygen atoms in total. The molecule has 0 saturated carbocycles. The van der Waals surface area contributed by atoms with Gasteiger partial charge in [0.2, 0.25) is 11.8 Å². The number of hydrogen-bond acceptors (Lipinski definition) is 3. The molecule has 0 aromatic rings. The van der Waals surface area contributed by atoms with Crippen LogP contribution in [-0.4, -0.2) is 46.4 Å². The molecule has 3 atom stereocenters. The zero-order valence-corrected chi connectivity index (χ0v) is 14.2. The molecule has 2 amide bonds. The fourth-order valence-corrected chi connectivity index (χ4v) is 2.55. The molecule has 3 unspecified atom stereocenters. The van der Waals surface area contributed by atoms with Gasteiger partial charge in [0.05, 0.1) is 5.92 Å². The van der Waals surface area contributed by atoms with Crippen LogP contribution >= 0.6 is 0 Å². The Labute approximate surface area is 132 Å². The van der Waals surface area contributed by atoms with Crippen LogP contribution in [0.3, 0.4) is 0 Å². The second kappa shape index (κ2) is 7.11. The van der Waals surface area contributed by atoms with Crippen LogP contribution in [0.25, 0.3) is 0 Å². The molecule has 0 aliphatic carbocycles. The number of carboxylic acid groups (broad SMARTS) is 1. The van der Waals surface area contributed by atoms with Crippen molar-refractivity contribution < 1.29 is 19.5 Å². The second-order valence-electron chi connectivity index (χ2n) is 7.41. The minimum atomic E-state index is -0.945. The Bertz CT molecular complexity index is 442. The van der Waals surface area contributed by atoms with Gasteiger partial charge in [0.1, 0.15) is 6.04 Å². The van der Waals surface area contributed by atoms with Gasteiger partial charge in [-0.1, -0.05) is 20.8 Å². The summed E-state index contributed by atoms with van der Waals surface area (Å²) in [5.41, 5.74) is -0.119. The topological polar surface area (TPSA) is 86.7 Å². The van der Waals surface area contributed by atoms with E-state index in [9.17, 15) is 14.4 Å². The molecule has 1 heterocycles. The van der Waals surface area contributed by atoms with Gasteiger partial charge in [-0.25, -0.2) is 0 Å². The van der Waals surface area contributed by atoms with Crippen molar-refractivity contribution in [3.63, 3.8) is 0 Å². The van der Waals surface area contributed by atoms with E-state index in [4.69, 9.17) is 5.11 Å².